The smallest absolute Gasteiger partial charge is 0.00490 e. The minimum absolute atomic E-state index is 1.10. The molecule has 0 spiro atoms. The Bertz CT molecular complexity index is 302. The first-order valence-electron chi connectivity index (χ1n) is 8.15. The van der Waals surface area contributed by atoms with Crippen LogP contribution in [-0.2, 0) is 12.8 Å². The summed E-state index contributed by atoms with van der Waals surface area (Å²) in [6.45, 7) is 6.71. The molecule has 1 N–H and O–H groups in total. The van der Waals surface area contributed by atoms with Crippen LogP contribution in [0, 0.1) is 0 Å². The molecule has 0 fully saturated rings. The number of unbranched alkanes of at least 4 members (excludes halogenated alkanes) is 4. The molecule has 1 aromatic carbocycles. The molecule has 0 amide bonds. The molecule has 0 saturated heterocycles. The van der Waals surface area contributed by atoms with E-state index in [0.29, 0.717) is 0 Å². The number of hydrogen-bond donors (Lipinski definition) is 1. The van der Waals surface area contributed by atoms with Crippen molar-refractivity contribution in [2.45, 2.75) is 65.2 Å². The van der Waals surface area contributed by atoms with Gasteiger partial charge in [-0.05, 0) is 56.3 Å². The third kappa shape index (κ3) is 8.05. The van der Waals surface area contributed by atoms with Crippen molar-refractivity contribution in [1.82, 2.24) is 5.32 Å². The molecule has 0 aliphatic heterocycles. The first-order chi connectivity index (χ1) is 9.36. The molecular weight excluding hydrogens is 230 g/mol. The molecule has 0 unspecified atom stereocenters. The Morgan fingerprint density at radius 2 is 1.32 bits per heavy atom. The van der Waals surface area contributed by atoms with E-state index in [2.05, 4.69) is 43.4 Å². The highest BCUT2D eigenvalue weighted by Gasteiger charge is 1.96. The van der Waals surface area contributed by atoms with Gasteiger partial charge in [0.1, 0.15) is 0 Å². The molecule has 1 heteroatoms. The third-order valence-corrected chi connectivity index (χ3v) is 3.66. The molecule has 1 nitrogen and oxygen atoms in total. The van der Waals surface area contributed by atoms with Gasteiger partial charge in [-0.25, -0.2) is 0 Å². The van der Waals surface area contributed by atoms with Crippen LogP contribution < -0.4 is 5.32 Å². The van der Waals surface area contributed by atoms with Gasteiger partial charge in [-0.3, -0.25) is 0 Å². The van der Waals surface area contributed by atoms with Gasteiger partial charge < -0.3 is 5.32 Å². The van der Waals surface area contributed by atoms with Crippen molar-refractivity contribution in [2.75, 3.05) is 13.1 Å². The molecule has 0 aliphatic rings. The molecule has 0 atom stereocenters. The molecular formula is C18H31N. The van der Waals surface area contributed by atoms with Gasteiger partial charge in [0.15, 0.2) is 0 Å². The van der Waals surface area contributed by atoms with Crippen LogP contribution in [0.2, 0.25) is 0 Å². The zero-order valence-electron chi connectivity index (χ0n) is 12.9. The highest BCUT2D eigenvalue weighted by atomic mass is 14.8. The van der Waals surface area contributed by atoms with Gasteiger partial charge in [0.2, 0.25) is 0 Å². The Kier molecular flexibility index (Phi) is 9.44. The van der Waals surface area contributed by atoms with E-state index in [1.807, 2.05) is 0 Å². The molecule has 0 bridgehead atoms. The minimum atomic E-state index is 1.10. The first kappa shape index (κ1) is 16.2. The summed E-state index contributed by atoms with van der Waals surface area (Å²) in [6.07, 6.45) is 10.5. The highest BCUT2D eigenvalue weighted by molar-refractivity contribution is 5.22. The molecule has 0 heterocycles. The van der Waals surface area contributed by atoms with Gasteiger partial charge in [-0.1, -0.05) is 57.4 Å². The Balaban J connectivity index is 2.09. The summed E-state index contributed by atoms with van der Waals surface area (Å²) in [5, 5.41) is 3.38. The van der Waals surface area contributed by atoms with Crippen molar-refractivity contribution >= 4 is 0 Å². The second-order valence-corrected chi connectivity index (χ2v) is 5.44. The summed E-state index contributed by atoms with van der Waals surface area (Å²) in [5.74, 6) is 0. The molecule has 1 rings (SSSR count). The van der Waals surface area contributed by atoms with Crippen molar-refractivity contribution in [2.24, 2.45) is 0 Å². The maximum Gasteiger partial charge on any atom is -0.00490 e. The Hall–Kier alpha value is -0.820. The van der Waals surface area contributed by atoms with Gasteiger partial charge >= 0.3 is 0 Å². The SMILES string of the molecule is CCCCc1ccc(CCCCCCNCC)cc1. The lowest BCUT2D eigenvalue weighted by Crippen LogP contribution is -2.13. The first-order valence-corrected chi connectivity index (χ1v) is 8.15. The zero-order chi connectivity index (χ0) is 13.8. The topological polar surface area (TPSA) is 12.0 Å². The van der Waals surface area contributed by atoms with E-state index in [1.54, 1.807) is 0 Å². The molecule has 19 heavy (non-hydrogen) atoms. The molecule has 0 aliphatic carbocycles. The summed E-state index contributed by atoms with van der Waals surface area (Å²) < 4.78 is 0. The largest absolute Gasteiger partial charge is 0.317 e. The lowest BCUT2D eigenvalue weighted by Gasteiger charge is -2.05. The molecule has 0 aromatic heterocycles. The van der Waals surface area contributed by atoms with E-state index >= 15 is 0 Å². The van der Waals surface area contributed by atoms with Crippen LogP contribution >= 0.6 is 0 Å². The summed E-state index contributed by atoms with van der Waals surface area (Å²) >= 11 is 0. The fourth-order valence-electron chi connectivity index (χ4n) is 2.36. The quantitative estimate of drug-likeness (QED) is 0.567. The van der Waals surface area contributed by atoms with Gasteiger partial charge in [0.05, 0.1) is 0 Å². The van der Waals surface area contributed by atoms with Gasteiger partial charge in [-0.2, -0.15) is 0 Å². The molecule has 1 aromatic rings. The average Bonchev–Trinajstić information content (AvgIpc) is 2.45. The van der Waals surface area contributed by atoms with E-state index in [9.17, 15) is 0 Å². The zero-order valence-corrected chi connectivity index (χ0v) is 12.9. The van der Waals surface area contributed by atoms with Crippen LogP contribution in [0.5, 0.6) is 0 Å². The summed E-state index contributed by atoms with van der Waals surface area (Å²) in [7, 11) is 0. The van der Waals surface area contributed by atoms with Crippen LogP contribution in [0.4, 0.5) is 0 Å². The van der Waals surface area contributed by atoms with E-state index < -0.39 is 0 Å². The normalized spacial score (nSPS) is 10.8. The van der Waals surface area contributed by atoms with E-state index in [1.165, 1.54) is 69.0 Å². The maximum absolute atomic E-state index is 3.38. The van der Waals surface area contributed by atoms with Crippen LogP contribution in [0.1, 0.15) is 63.5 Å². The van der Waals surface area contributed by atoms with Crippen LogP contribution in [-0.4, -0.2) is 13.1 Å². The lowest BCUT2D eigenvalue weighted by atomic mass is 10.0. The van der Waals surface area contributed by atoms with Crippen LogP contribution in [0.3, 0.4) is 0 Å². The highest BCUT2D eigenvalue weighted by Crippen LogP contribution is 2.11. The molecule has 0 saturated carbocycles. The number of hydrogen-bond acceptors (Lipinski definition) is 1. The monoisotopic (exact) mass is 261 g/mol. The van der Waals surface area contributed by atoms with E-state index in [-0.39, 0.29) is 0 Å². The Morgan fingerprint density at radius 1 is 0.737 bits per heavy atom. The molecule has 108 valence electrons. The fraction of sp³-hybridized carbons (Fsp3) is 0.667. The predicted molar refractivity (Wildman–Crippen MR) is 85.8 cm³/mol. The summed E-state index contributed by atoms with van der Waals surface area (Å²) in [4.78, 5) is 0. The maximum atomic E-state index is 3.38. The van der Waals surface area contributed by atoms with Crippen molar-refractivity contribution < 1.29 is 0 Å². The van der Waals surface area contributed by atoms with E-state index in [0.717, 1.165) is 6.54 Å². The molecule has 0 radical (unpaired) electrons. The van der Waals surface area contributed by atoms with Crippen molar-refractivity contribution in [3.63, 3.8) is 0 Å². The summed E-state index contributed by atoms with van der Waals surface area (Å²) in [5.41, 5.74) is 3.00. The average molecular weight is 261 g/mol. The second-order valence-electron chi connectivity index (χ2n) is 5.44. The number of aryl methyl sites for hydroxylation is 2. The second kappa shape index (κ2) is 11.0. The lowest BCUT2D eigenvalue weighted by molar-refractivity contribution is 0.598. The number of benzene rings is 1. The predicted octanol–water partition coefficient (Wildman–Crippen LogP) is 4.74. The fourth-order valence-corrected chi connectivity index (χ4v) is 2.36. The van der Waals surface area contributed by atoms with Crippen molar-refractivity contribution in [3.8, 4) is 0 Å². The van der Waals surface area contributed by atoms with Gasteiger partial charge in [0, 0.05) is 0 Å². The van der Waals surface area contributed by atoms with E-state index in [4.69, 9.17) is 0 Å². The Labute approximate surface area is 119 Å². The van der Waals surface area contributed by atoms with Crippen molar-refractivity contribution in [3.05, 3.63) is 35.4 Å². The third-order valence-electron chi connectivity index (χ3n) is 3.66. The number of rotatable bonds is 11. The Morgan fingerprint density at radius 3 is 1.89 bits per heavy atom. The van der Waals surface area contributed by atoms with Crippen LogP contribution in [0.15, 0.2) is 24.3 Å². The standard InChI is InChI=1S/C18H31N/c1-3-5-10-17-12-14-18(15-13-17)11-8-6-7-9-16-19-4-2/h12-15,19H,3-11,16H2,1-2H3. The van der Waals surface area contributed by atoms with Crippen LogP contribution in [0.25, 0.3) is 0 Å². The van der Waals surface area contributed by atoms with Crippen molar-refractivity contribution in [1.29, 1.82) is 0 Å². The summed E-state index contributed by atoms with van der Waals surface area (Å²) in [6, 6.07) is 9.28. The van der Waals surface area contributed by atoms with Gasteiger partial charge in [-0.15, -0.1) is 0 Å². The number of nitrogens with one attached hydrogen (secondary N) is 1. The minimum Gasteiger partial charge on any atom is -0.317 e. The van der Waals surface area contributed by atoms with Gasteiger partial charge in [0.25, 0.3) is 0 Å².